The van der Waals surface area contributed by atoms with Gasteiger partial charge in [0.2, 0.25) is 5.91 Å². The van der Waals surface area contributed by atoms with Crippen LogP contribution in [0.2, 0.25) is 0 Å². The molecule has 1 heterocycles. The number of nitrogens with zero attached hydrogens (tertiary/aromatic N) is 2. The van der Waals surface area contributed by atoms with Crippen molar-refractivity contribution >= 4 is 28.6 Å². The minimum Gasteiger partial charge on any atom is -0.352 e. The Morgan fingerprint density at radius 2 is 1.90 bits per heavy atom. The smallest absolute Gasteiger partial charge is 0.266 e. The van der Waals surface area contributed by atoms with E-state index in [1.54, 1.807) is 10.6 Å². The summed E-state index contributed by atoms with van der Waals surface area (Å²) in [6, 6.07) is 13.7. The van der Waals surface area contributed by atoms with Crippen LogP contribution in [0.4, 0.5) is 0 Å². The van der Waals surface area contributed by atoms with E-state index in [2.05, 4.69) is 5.32 Å². The number of hydrogen-bond donors (Lipinski definition) is 1. The lowest BCUT2D eigenvalue weighted by molar-refractivity contribution is -0.120. The van der Waals surface area contributed by atoms with Crippen LogP contribution in [0.5, 0.6) is 0 Å². The summed E-state index contributed by atoms with van der Waals surface area (Å²) >= 11 is 1.34. The van der Waals surface area contributed by atoms with Crippen molar-refractivity contribution in [2.75, 3.05) is 0 Å². The zero-order valence-electron chi connectivity index (χ0n) is 17.6. The summed E-state index contributed by atoms with van der Waals surface area (Å²) in [6.45, 7) is 5.87. The van der Waals surface area contributed by atoms with E-state index in [9.17, 15) is 9.59 Å². The Labute approximate surface area is 180 Å². The van der Waals surface area contributed by atoms with Crippen LogP contribution in [0.25, 0.3) is 16.6 Å². The minimum atomic E-state index is -0.352. The molecule has 1 atom stereocenters. The number of aryl methyl sites for hydroxylation is 2. The number of aromatic nitrogens is 2. The van der Waals surface area contributed by atoms with Gasteiger partial charge in [-0.2, -0.15) is 0 Å². The van der Waals surface area contributed by atoms with Crippen molar-refractivity contribution in [3.63, 3.8) is 0 Å². The van der Waals surface area contributed by atoms with Crippen molar-refractivity contribution in [3.8, 4) is 5.69 Å². The molecule has 0 aliphatic heterocycles. The molecule has 0 spiro atoms. The highest BCUT2D eigenvalue weighted by Gasteiger charge is 2.24. The number of rotatable bonds is 5. The van der Waals surface area contributed by atoms with E-state index in [0.717, 1.165) is 29.7 Å². The summed E-state index contributed by atoms with van der Waals surface area (Å²) in [5.74, 6) is 0.00169. The van der Waals surface area contributed by atoms with Gasteiger partial charge in [-0.25, -0.2) is 4.98 Å². The van der Waals surface area contributed by atoms with Crippen LogP contribution < -0.4 is 10.9 Å². The molecule has 156 valence electrons. The summed E-state index contributed by atoms with van der Waals surface area (Å²) in [4.78, 5) is 31.0. The van der Waals surface area contributed by atoms with Crippen LogP contribution in [0.1, 0.15) is 43.7 Å². The third kappa shape index (κ3) is 4.15. The van der Waals surface area contributed by atoms with Crippen molar-refractivity contribution in [2.45, 2.75) is 62.9 Å². The summed E-state index contributed by atoms with van der Waals surface area (Å²) in [5, 5.41) is 3.92. The molecule has 1 N–H and O–H groups in total. The molecule has 1 saturated carbocycles. The molecule has 0 bridgehead atoms. The van der Waals surface area contributed by atoms with Gasteiger partial charge in [0.1, 0.15) is 0 Å². The Hall–Kier alpha value is -2.60. The summed E-state index contributed by atoms with van der Waals surface area (Å²) in [7, 11) is 0. The maximum absolute atomic E-state index is 13.5. The topological polar surface area (TPSA) is 64.0 Å². The van der Waals surface area contributed by atoms with E-state index in [1.165, 1.54) is 24.6 Å². The second kappa shape index (κ2) is 8.64. The van der Waals surface area contributed by atoms with Gasteiger partial charge < -0.3 is 5.32 Å². The Morgan fingerprint density at radius 1 is 1.17 bits per heavy atom. The summed E-state index contributed by atoms with van der Waals surface area (Å²) in [6.07, 6.45) is 4.44. The lowest BCUT2D eigenvalue weighted by Gasteiger charge is -2.19. The first kappa shape index (κ1) is 20.7. The fourth-order valence-corrected chi connectivity index (χ4v) is 4.89. The Morgan fingerprint density at radius 3 is 2.67 bits per heavy atom. The number of hydrogen-bond acceptors (Lipinski definition) is 4. The van der Waals surface area contributed by atoms with Crippen molar-refractivity contribution in [3.05, 3.63) is 63.9 Å². The fraction of sp³-hybridized carbons (Fsp3) is 0.375. The Kier molecular flexibility index (Phi) is 5.95. The van der Waals surface area contributed by atoms with Gasteiger partial charge in [-0.1, -0.05) is 48.9 Å². The van der Waals surface area contributed by atoms with Crippen LogP contribution in [-0.4, -0.2) is 26.8 Å². The SMILES string of the molecule is Cc1ccc(C)c(-n2c(S[C@@H](C)C(=O)NC3CCCC3)nc3ccccc3c2=O)c1. The van der Waals surface area contributed by atoms with E-state index in [1.807, 2.05) is 57.2 Å². The van der Waals surface area contributed by atoms with Crippen LogP contribution in [0.3, 0.4) is 0 Å². The number of nitrogens with one attached hydrogen (secondary N) is 1. The Bertz CT molecular complexity index is 1150. The van der Waals surface area contributed by atoms with Crippen LogP contribution in [0.15, 0.2) is 52.4 Å². The quantitative estimate of drug-likeness (QED) is 0.485. The maximum atomic E-state index is 13.5. The summed E-state index contributed by atoms with van der Waals surface area (Å²) in [5.41, 5.74) is 3.41. The predicted molar refractivity (Wildman–Crippen MR) is 123 cm³/mol. The molecule has 1 aliphatic rings. The molecule has 30 heavy (non-hydrogen) atoms. The standard InChI is InChI=1S/C24H27N3O2S/c1-15-12-13-16(2)21(14-15)27-23(29)19-10-6-7-11-20(19)26-24(27)30-17(3)22(28)25-18-8-4-5-9-18/h6-7,10-14,17-18H,4-5,8-9H2,1-3H3,(H,25,28)/t17-/m0/s1. The molecular formula is C24H27N3O2S. The molecule has 1 amide bonds. The first-order valence-corrected chi connectivity index (χ1v) is 11.4. The molecule has 3 aromatic rings. The highest BCUT2D eigenvalue weighted by molar-refractivity contribution is 8.00. The van der Waals surface area contributed by atoms with Gasteiger partial charge in [0.15, 0.2) is 5.16 Å². The number of thioether (sulfide) groups is 1. The molecule has 1 aromatic heterocycles. The molecule has 0 saturated heterocycles. The lowest BCUT2D eigenvalue weighted by Crippen LogP contribution is -2.38. The van der Waals surface area contributed by atoms with E-state index in [0.29, 0.717) is 16.1 Å². The van der Waals surface area contributed by atoms with Gasteiger partial charge in [0.25, 0.3) is 5.56 Å². The molecule has 5 nitrogen and oxygen atoms in total. The number of carbonyl (C=O) groups is 1. The largest absolute Gasteiger partial charge is 0.352 e. The third-order valence-corrected chi connectivity index (χ3v) is 6.76. The maximum Gasteiger partial charge on any atom is 0.266 e. The molecule has 2 aromatic carbocycles. The van der Waals surface area contributed by atoms with Gasteiger partial charge in [-0.15, -0.1) is 0 Å². The zero-order valence-corrected chi connectivity index (χ0v) is 18.5. The molecule has 1 aliphatic carbocycles. The van der Waals surface area contributed by atoms with Gasteiger partial charge in [-0.05, 0) is 62.9 Å². The second-order valence-corrected chi connectivity index (χ2v) is 9.40. The lowest BCUT2D eigenvalue weighted by atomic mass is 10.1. The van der Waals surface area contributed by atoms with Crippen molar-refractivity contribution in [1.82, 2.24) is 14.9 Å². The minimum absolute atomic E-state index is 0.00169. The molecule has 0 radical (unpaired) electrons. The van der Waals surface area contributed by atoms with Gasteiger partial charge in [0.05, 0.1) is 21.8 Å². The van der Waals surface area contributed by atoms with Gasteiger partial charge in [-0.3, -0.25) is 14.2 Å². The zero-order chi connectivity index (χ0) is 21.3. The number of amides is 1. The monoisotopic (exact) mass is 421 g/mol. The van der Waals surface area contributed by atoms with E-state index >= 15 is 0 Å². The summed E-state index contributed by atoms with van der Waals surface area (Å²) < 4.78 is 1.66. The fourth-order valence-electron chi connectivity index (χ4n) is 3.96. The average molecular weight is 422 g/mol. The van der Waals surface area contributed by atoms with Crippen LogP contribution in [0, 0.1) is 13.8 Å². The predicted octanol–water partition coefficient (Wildman–Crippen LogP) is 4.54. The van der Waals surface area contributed by atoms with E-state index in [4.69, 9.17) is 4.98 Å². The van der Waals surface area contributed by atoms with Gasteiger partial charge >= 0.3 is 0 Å². The molecule has 4 rings (SSSR count). The highest BCUT2D eigenvalue weighted by atomic mass is 32.2. The first-order valence-electron chi connectivity index (χ1n) is 10.5. The Balaban J connectivity index is 1.77. The molecule has 0 unspecified atom stereocenters. The second-order valence-electron chi connectivity index (χ2n) is 8.09. The van der Waals surface area contributed by atoms with Crippen molar-refractivity contribution in [2.24, 2.45) is 0 Å². The average Bonchev–Trinajstić information content (AvgIpc) is 3.23. The highest BCUT2D eigenvalue weighted by Crippen LogP contribution is 2.27. The number of para-hydroxylation sites is 1. The van der Waals surface area contributed by atoms with Crippen molar-refractivity contribution in [1.29, 1.82) is 0 Å². The number of carbonyl (C=O) groups excluding carboxylic acids is 1. The third-order valence-electron chi connectivity index (χ3n) is 5.70. The first-order chi connectivity index (χ1) is 14.4. The normalized spacial score (nSPS) is 15.4. The number of fused-ring (bicyclic) bond motifs is 1. The van der Waals surface area contributed by atoms with E-state index < -0.39 is 0 Å². The van der Waals surface area contributed by atoms with Gasteiger partial charge in [0, 0.05) is 6.04 Å². The molecular weight excluding hydrogens is 394 g/mol. The van der Waals surface area contributed by atoms with Crippen LogP contribution >= 0.6 is 11.8 Å². The molecule has 6 heteroatoms. The molecule has 1 fully saturated rings. The van der Waals surface area contributed by atoms with Crippen LogP contribution in [-0.2, 0) is 4.79 Å². The van der Waals surface area contributed by atoms with E-state index in [-0.39, 0.29) is 22.8 Å². The van der Waals surface area contributed by atoms with Crippen molar-refractivity contribution < 1.29 is 4.79 Å². The number of benzene rings is 2.